The number of nitrogens with two attached hydrogens (primary N) is 1. The summed E-state index contributed by atoms with van der Waals surface area (Å²) in [7, 11) is 0. The zero-order valence-electron chi connectivity index (χ0n) is 12.9. The van der Waals surface area contributed by atoms with Crippen molar-refractivity contribution in [2.24, 2.45) is 11.7 Å². The van der Waals surface area contributed by atoms with E-state index in [-0.39, 0.29) is 17.4 Å². The molecule has 5 nitrogen and oxygen atoms in total. The number of rotatable bonds is 5. The van der Waals surface area contributed by atoms with Crippen LogP contribution in [0, 0.1) is 11.3 Å². The Morgan fingerprint density at radius 1 is 1.40 bits per heavy atom. The Morgan fingerprint density at radius 2 is 2.10 bits per heavy atom. The van der Waals surface area contributed by atoms with Crippen molar-refractivity contribution in [3.05, 3.63) is 0 Å². The number of nitrogens with one attached hydrogen (secondary N) is 1. The van der Waals surface area contributed by atoms with Crippen molar-refractivity contribution in [1.82, 2.24) is 4.90 Å². The molecule has 0 aromatic rings. The summed E-state index contributed by atoms with van der Waals surface area (Å²) < 4.78 is 11.6. The van der Waals surface area contributed by atoms with Gasteiger partial charge < -0.3 is 15.2 Å². The van der Waals surface area contributed by atoms with Crippen molar-refractivity contribution in [2.45, 2.75) is 51.2 Å². The van der Waals surface area contributed by atoms with Gasteiger partial charge in [-0.2, -0.15) is 0 Å². The number of ether oxygens (including phenoxy) is 2. The lowest BCUT2D eigenvalue weighted by Gasteiger charge is -2.46. The minimum atomic E-state index is 0.0358. The van der Waals surface area contributed by atoms with Crippen LogP contribution in [-0.4, -0.2) is 55.3 Å². The van der Waals surface area contributed by atoms with E-state index >= 15 is 0 Å². The van der Waals surface area contributed by atoms with E-state index in [4.69, 9.17) is 20.6 Å². The highest BCUT2D eigenvalue weighted by Crippen LogP contribution is 2.36. The van der Waals surface area contributed by atoms with E-state index in [9.17, 15) is 0 Å². The van der Waals surface area contributed by atoms with Gasteiger partial charge in [-0.1, -0.05) is 13.8 Å². The van der Waals surface area contributed by atoms with Gasteiger partial charge >= 0.3 is 0 Å². The third-order valence-corrected chi connectivity index (χ3v) is 4.83. The molecule has 1 spiro atoms. The standard InChI is InChI=1S/C15H29N3O2/c1-3-18(11-12(2)14(16)17)13-4-7-20-15(10-13)5-8-19-9-6-15/h12-13H,3-11H2,1-2H3,(H3,16,17). The summed E-state index contributed by atoms with van der Waals surface area (Å²) in [4.78, 5) is 2.48. The van der Waals surface area contributed by atoms with Crippen LogP contribution < -0.4 is 5.73 Å². The van der Waals surface area contributed by atoms with Crippen LogP contribution in [0.3, 0.4) is 0 Å². The molecule has 2 heterocycles. The van der Waals surface area contributed by atoms with Crippen LogP contribution in [0.5, 0.6) is 0 Å². The van der Waals surface area contributed by atoms with Crippen molar-refractivity contribution < 1.29 is 9.47 Å². The van der Waals surface area contributed by atoms with Crippen molar-refractivity contribution in [1.29, 1.82) is 5.41 Å². The van der Waals surface area contributed by atoms with E-state index < -0.39 is 0 Å². The molecule has 0 radical (unpaired) electrons. The number of nitrogens with zero attached hydrogens (tertiary/aromatic N) is 1. The summed E-state index contributed by atoms with van der Waals surface area (Å²) >= 11 is 0. The molecule has 3 N–H and O–H groups in total. The normalized spacial score (nSPS) is 27.6. The number of hydrogen-bond acceptors (Lipinski definition) is 4. The lowest BCUT2D eigenvalue weighted by atomic mass is 9.83. The monoisotopic (exact) mass is 283 g/mol. The Hall–Kier alpha value is -0.650. The fourth-order valence-electron chi connectivity index (χ4n) is 3.39. The maximum absolute atomic E-state index is 7.58. The first-order valence-corrected chi connectivity index (χ1v) is 7.86. The minimum Gasteiger partial charge on any atom is -0.387 e. The van der Waals surface area contributed by atoms with Crippen LogP contribution in [0.1, 0.15) is 39.5 Å². The van der Waals surface area contributed by atoms with E-state index in [1.807, 2.05) is 6.92 Å². The maximum Gasteiger partial charge on any atom is 0.0947 e. The van der Waals surface area contributed by atoms with E-state index in [0.717, 1.165) is 58.6 Å². The fraction of sp³-hybridized carbons (Fsp3) is 0.933. The van der Waals surface area contributed by atoms with E-state index in [2.05, 4.69) is 11.8 Å². The van der Waals surface area contributed by atoms with Crippen molar-refractivity contribution >= 4 is 5.84 Å². The lowest BCUT2D eigenvalue weighted by Crippen LogP contribution is -2.52. The second-order valence-electron chi connectivity index (χ2n) is 6.23. The Morgan fingerprint density at radius 3 is 2.70 bits per heavy atom. The highest BCUT2D eigenvalue weighted by molar-refractivity contribution is 5.79. The summed E-state index contributed by atoms with van der Waals surface area (Å²) in [6.45, 7) is 8.60. The molecule has 0 aliphatic carbocycles. The largest absolute Gasteiger partial charge is 0.387 e. The second kappa shape index (κ2) is 6.87. The first-order valence-electron chi connectivity index (χ1n) is 7.86. The quantitative estimate of drug-likeness (QED) is 0.594. The zero-order valence-corrected chi connectivity index (χ0v) is 12.9. The SMILES string of the molecule is CCN(CC(C)C(=N)N)C1CCOC2(CCOCC2)C1. The minimum absolute atomic E-state index is 0.0358. The highest BCUT2D eigenvalue weighted by Gasteiger charge is 2.40. The van der Waals surface area contributed by atoms with Gasteiger partial charge in [-0.15, -0.1) is 0 Å². The van der Waals surface area contributed by atoms with Gasteiger partial charge in [0.2, 0.25) is 0 Å². The lowest BCUT2D eigenvalue weighted by molar-refractivity contribution is -0.151. The van der Waals surface area contributed by atoms with E-state index in [0.29, 0.717) is 6.04 Å². The average molecular weight is 283 g/mol. The van der Waals surface area contributed by atoms with Gasteiger partial charge in [0.15, 0.2) is 0 Å². The predicted octanol–water partition coefficient (Wildman–Crippen LogP) is 1.61. The molecular formula is C15H29N3O2. The Bertz CT molecular complexity index is 324. The van der Waals surface area contributed by atoms with Gasteiger partial charge in [0.05, 0.1) is 11.4 Å². The van der Waals surface area contributed by atoms with Crippen LogP contribution in [-0.2, 0) is 9.47 Å². The third kappa shape index (κ3) is 3.71. The molecule has 2 aliphatic rings. The number of hydrogen-bond donors (Lipinski definition) is 2. The van der Waals surface area contributed by atoms with Crippen LogP contribution in [0.25, 0.3) is 0 Å². The first-order chi connectivity index (χ1) is 9.56. The van der Waals surface area contributed by atoms with Gasteiger partial charge in [-0.05, 0) is 32.2 Å². The Kier molecular flexibility index (Phi) is 5.41. The van der Waals surface area contributed by atoms with Crippen LogP contribution in [0.4, 0.5) is 0 Å². The molecule has 5 heteroatoms. The molecule has 2 atom stereocenters. The first kappa shape index (κ1) is 15.7. The van der Waals surface area contributed by atoms with Crippen LogP contribution in [0.15, 0.2) is 0 Å². The van der Waals surface area contributed by atoms with Crippen molar-refractivity contribution in [2.75, 3.05) is 32.9 Å². The summed E-state index contributed by atoms with van der Waals surface area (Å²) in [5.41, 5.74) is 5.66. The van der Waals surface area contributed by atoms with Gasteiger partial charge in [0.1, 0.15) is 0 Å². The van der Waals surface area contributed by atoms with Gasteiger partial charge in [0, 0.05) is 38.3 Å². The maximum atomic E-state index is 7.58. The molecule has 2 saturated heterocycles. The molecule has 0 amide bonds. The smallest absolute Gasteiger partial charge is 0.0947 e. The molecule has 20 heavy (non-hydrogen) atoms. The summed E-state index contributed by atoms with van der Waals surface area (Å²) in [6.07, 6.45) is 4.21. The van der Waals surface area contributed by atoms with Gasteiger partial charge in [-0.3, -0.25) is 10.3 Å². The van der Waals surface area contributed by atoms with E-state index in [1.54, 1.807) is 0 Å². The molecule has 2 fully saturated rings. The van der Waals surface area contributed by atoms with Gasteiger partial charge in [-0.25, -0.2) is 0 Å². The summed E-state index contributed by atoms with van der Waals surface area (Å²) in [5, 5.41) is 7.58. The number of amidine groups is 1. The average Bonchev–Trinajstić information content (AvgIpc) is 2.45. The predicted molar refractivity (Wildman–Crippen MR) is 80.1 cm³/mol. The highest BCUT2D eigenvalue weighted by atomic mass is 16.5. The second-order valence-corrected chi connectivity index (χ2v) is 6.23. The molecular weight excluding hydrogens is 254 g/mol. The molecule has 2 aliphatic heterocycles. The molecule has 0 aromatic heterocycles. The Balaban J connectivity index is 1.96. The molecule has 2 rings (SSSR count). The van der Waals surface area contributed by atoms with Crippen molar-refractivity contribution in [3.8, 4) is 0 Å². The topological polar surface area (TPSA) is 71.6 Å². The molecule has 0 aromatic carbocycles. The van der Waals surface area contributed by atoms with Gasteiger partial charge in [0.25, 0.3) is 0 Å². The molecule has 116 valence electrons. The molecule has 0 bridgehead atoms. The van der Waals surface area contributed by atoms with Crippen LogP contribution >= 0.6 is 0 Å². The van der Waals surface area contributed by atoms with Crippen LogP contribution in [0.2, 0.25) is 0 Å². The van der Waals surface area contributed by atoms with Crippen molar-refractivity contribution in [3.63, 3.8) is 0 Å². The van der Waals surface area contributed by atoms with E-state index in [1.165, 1.54) is 0 Å². The summed E-state index contributed by atoms with van der Waals surface area (Å²) in [5.74, 6) is 0.416. The Labute approximate surface area is 122 Å². The molecule has 2 unspecified atom stereocenters. The zero-order chi connectivity index (χ0) is 14.6. The molecule has 0 saturated carbocycles. The summed E-state index contributed by atoms with van der Waals surface area (Å²) in [6, 6.07) is 0.550. The fourth-order valence-corrected chi connectivity index (χ4v) is 3.39. The third-order valence-electron chi connectivity index (χ3n) is 4.83.